The number of hydrogen-bond acceptors (Lipinski definition) is 4. The fraction of sp³-hybridized carbons (Fsp3) is 0.286. The molecule has 1 amide bonds. The Kier molecular flexibility index (Phi) is 4.80. The lowest BCUT2D eigenvalue weighted by Gasteiger charge is -2.06. The Morgan fingerprint density at radius 3 is 2.55 bits per heavy atom. The number of oxazole rings is 1. The second-order valence-corrected chi connectivity index (χ2v) is 5.90. The van der Waals surface area contributed by atoms with Gasteiger partial charge in [0.2, 0.25) is 11.8 Å². The topological polar surface area (TPSA) is 69.1 Å². The number of rotatable bonds is 5. The van der Waals surface area contributed by atoms with Crippen molar-refractivity contribution in [3.63, 3.8) is 0 Å². The summed E-state index contributed by atoms with van der Waals surface area (Å²) in [6.07, 6.45) is -2.96. The SMILES string of the molecule is CC(SCc1coc(-c2ccc(C(F)(F)F)cc2)n1)C(N)=O. The van der Waals surface area contributed by atoms with Gasteiger partial charge in [-0.2, -0.15) is 13.2 Å². The number of nitrogens with two attached hydrogens (primary N) is 1. The molecule has 0 radical (unpaired) electrons. The van der Waals surface area contributed by atoms with Crippen LogP contribution < -0.4 is 5.73 Å². The van der Waals surface area contributed by atoms with Gasteiger partial charge >= 0.3 is 6.18 Å². The fourth-order valence-corrected chi connectivity index (χ4v) is 2.32. The van der Waals surface area contributed by atoms with E-state index in [1.165, 1.54) is 30.2 Å². The molecule has 4 nitrogen and oxygen atoms in total. The minimum absolute atomic E-state index is 0.232. The number of nitrogens with zero attached hydrogens (tertiary/aromatic N) is 1. The van der Waals surface area contributed by atoms with E-state index < -0.39 is 17.6 Å². The summed E-state index contributed by atoms with van der Waals surface area (Å²) in [5, 5.41) is -0.355. The molecule has 2 N–H and O–H groups in total. The minimum atomic E-state index is -4.37. The third-order valence-corrected chi connectivity index (χ3v) is 4.09. The van der Waals surface area contributed by atoms with E-state index in [-0.39, 0.29) is 11.1 Å². The van der Waals surface area contributed by atoms with Crippen molar-refractivity contribution in [1.82, 2.24) is 4.98 Å². The molecule has 0 fully saturated rings. The summed E-state index contributed by atoms with van der Waals surface area (Å²) < 4.78 is 42.7. The van der Waals surface area contributed by atoms with Crippen LogP contribution in [-0.4, -0.2) is 16.1 Å². The summed E-state index contributed by atoms with van der Waals surface area (Å²) in [6, 6.07) is 4.56. The molecule has 2 rings (SSSR count). The van der Waals surface area contributed by atoms with Crippen LogP contribution in [0.5, 0.6) is 0 Å². The van der Waals surface area contributed by atoms with Gasteiger partial charge in [0.05, 0.1) is 16.5 Å². The Bertz CT molecular complexity index is 653. The lowest BCUT2D eigenvalue weighted by atomic mass is 10.1. The van der Waals surface area contributed by atoms with Gasteiger partial charge in [-0.05, 0) is 31.2 Å². The van der Waals surface area contributed by atoms with Crippen LogP contribution >= 0.6 is 11.8 Å². The molecule has 2 aromatic rings. The Morgan fingerprint density at radius 2 is 2.00 bits per heavy atom. The van der Waals surface area contributed by atoms with Crippen molar-refractivity contribution < 1.29 is 22.4 Å². The van der Waals surface area contributed by atoms with E-state index in [2.05, 4.69) is 4.98 Å². The Hall–Kier alpha value is -1.96. The van der Waals surface area contributed by atoms with Crippen LogP contribution in [0.2, 0.25) is 0 Å². The third-order valence-electron chi connectivity index (χ3n) is 2.89. The average Bonchev–Trinajstić information content (AvgIpc) is 2.92. The van der Waals surface area contributed by atoms with Crippen molar-refractivity contribution in [2.24, 2.45) is 5.73 Å². The molecular weight excluding hydrogens is 317 g/mol. The normalized spacial score (nSPS) is 13.1. The first-order valence-electron chi connectivity index (χ1n) is 6.30. The average molecular weight is 330 g/mol. The van der Waals surface area contributed by atoms with Crippen molar-refractivity contribution in [1.29, 1.82) is 0 Å². The molecule has 22 heavy (non-hydrogen) atoms. The second-order valence-electron chi connectivity index (χ2n) is 4.57. The number of carbonyl (C=O) groups is 1. The molecule has 1 unspecified atom stereocenters. The smallest absolute Gasteiger partial charge is 0.416 e. The van der Waals surface area contributed by atoms with Gasteiger partial charge in [0, 0.05) is 11.3 Å². The van der Waals surface area contributed by atoms with Crippen molar-refractivity contribution in [3.8, 4) is 11.5 Å². The Balaban J connectivity index is 2.06. The first-order chi connectivity index (χ1) is 10.3. The fourth-order valence-electron chi connectivity index (χ4n) is 1.60. The lowest BCUT2D eigenvalue weighted by Crippen LogP contribution is -2.22. The van der Waals surface area contributed by atoms with Crippen LogP contribution in [0.4, 0.5) is 13.2 Å². The number of amides is 1. The molecule has 0 saturated carbocycles. The molecule has 0 saturated heterocycles. The molecule has 0 aliphatic heterocycles. The number of alkyl halides is 3. The van der Waals surface area contributed by atoms with Gasteiger partial charge < -0.3 is 10.2 Å². The van der Waals surface area contributed by atoms with Gasteiger partial charge in [0.1, 0.15) is 6.26 Å². The predicted molar refractivity (Wildman–Crippen MR) is 76.9 cm³/mol. The summed E-state index contributed by atoms with van der Waals surface area (Å²) in [5.74, 6) is 0.237. The quantitative estimate of drug-likeness (QED) is 0.911. The highest BCUT2D eigenvalue weighted by Crippen LogP contribution is 2.31. The van der Waals surface area contributed by atoms with Crippen LogP contribution in [0, 0.1) is 0 Å². The van der Waals surface area contributed by atoms with Gasteiger partial charge in [-0.1, -0.05) is 0 Å². The van der Waals surface area contributed by atoms with Crippen molar-refractivity contribution >= 4 is 17.7 Å². The molecule has 8 heteroatoms. The number of carbonyl (C=O) groups excluding carboxylic acids is 1. The van der Waals surface area contributed by atoms with E-state index in [4.69, 9.17) is 10.2 Å². The largest absolute Gasteiger partial charge is 0.444 e. The maximum atomic E-state index is 12.5. The highest BCUT2D eigenvalue weighted by molar-refractivity contribution is 7.99. The zero-order chi connectivity index (χ0) is 16.3. The second kappa shape index (κ2) is 6.43. The molecule has 0 aliphatic carbocycles. The monoisotopic (exact) mass is 330 g/mol. The summed E-state index contributed by atoms with van der Waals surface area (Å²) in [7, 11) is 0. The Morgan fingerprint density at radius 1 is 1.36 bits per heavy atom. The van der Waals surface area contributed by atoms with Crippen molar-refractivity contribution in [3.05, 3.63) is 41.8 Å². The van der Waals surface area contributed by atoms with Gasteiger partial charge in [0.25, 0.3) is 0 Å². The number of thioether (sulfide) groups is 1. The van der Waals surface area contributed by atoms with Gasteiger partial charge in [-0.3, -0.25) is 4.79 Å². The standard InChI is InChI=1S/C14H13F3N2O2S/c1-8(12(18)20)22-7-11-6-21-13(19-11)9-2-4-10(5-3-9)14(15,16)17/h2-6,8H,7H2,1H3,(H2,18,20). The van der Waals surface area contributed by atoms with Crippen molar-refractivity contribution in [2.75, 3.05) is 0 Å². The summed E-state index contributed by atoms with van der Waals surface area (Å²) in [6.45, 7) is 1.68. The minimum Gasteiger partial charge on any atom is -0.444 e. The summed E-state index contributed by atoms with van der Waals surface area (Å²) >= 11 is 1.31. The van der Waals surface area contributed by atoms with Gasteiger partial charge in [-0.25, -0.2) is 4.98 Å². The number of aromatic nitrogens is 1. The molecule has 1 aromatic heterocycles. The van der Waals surface area contributed by atoms with Crippen LogP contribution in [0.3, 0.4) is 0 Å². The molecule has 1 aromatic carbocycles. The summed E-state index contributed by atoms with van der Waals surface area (Å²) in [4.78, 5) is 15.1. The summed E-state index contributed by atoms with van der Waals surface area (Å²) in [5.41, 5.74) is 5.46. The molecule has 0 spiro atoms. The number of halogens is 3. The van der Waals surface area contributed by atoms with E-state index in [1.54, 1.807) is 6.92 Å². The van der Waals surface area contributed by atoms with E-state index in [1.807, 2.05) is 0 Å². The van der Waals surface area contributed by atoms with Crippen LogP contribution in [0.15, 0.2) is 34.9 Å². The maximum absolute atomic E-state index is 12.5. The first kappa shape index (κ1) is 16.4. The van der Waals surface area contributed by atoms with Gasteiger partial charge in [-0.15, -0.1) is 11.8 Å². The van der Waals surface area contributed by atoms with E-state index >= 15 is 0 Å². The molecule has 1 atom stereocenters. The van der Waals surface area contributed by atoms with Gasteiger partial charge in [0.15, 0.2) is 0 Å². The van der Waals surface area contributed by atoms with Crippen LogP contribution in [0.25, 0.3) is 11.5 Å². The van der Waals surface area contributed by atoms with Crippen LogP contribution in [-0.2, 0) is 16.7 Å². The highest BCUT2D eigenvalue weighted by Gasteiger charge is 2.30. The third kappa shape index (κ3) is 4.03. The lowest BCUT2D eigenvalue weighted by molar-refractivity contribution is -0.137. The zero-order valence-electron chi connectivity index (χ0n) is 11.6. The zero-order valence-corrected chi connectivity index (χ0v) is 12.4. The number of hydrogen-bond donors (Lipinski definition) is 1. The number of benzene rings is 1. The van der Waals surface area contributed by atoms with E-state index in [0.717, 1.165) is 12.1 Å². The highest BCUT2D eigenvalue weighted by atomic mass is 32.2. The number of primary amides is 1. The van der Waals surface area contributed by atoms with E-state index in [0.29, 0.717) is 17.0 Å². The molecule has 0 bridgehead atoms. The Labute approximate surface area is 128 Å². The molecule has 0 aliphatic rings. The molecular formula is C14H13F3N2O2S. The maximum Gasteiger partial charge on any atom is 0.416 e. The first-order valence-corrected chi connectivity index (χ1v) is 7.35. The molecule has 1 heterocycles. The molecule has 118 valence electrons. The predicted octanol–water partition coefficient (Wildman–Crippen LogP) is 3.47. The van der Waals surface area contributed by atoms with Crippen LogP contribution in [0.1, 0.15) is 18.2 Å². The van der Waals surface area contributed by atoms with Crippen molar-refractivity contribution in [2.45, 2.75) is 24.1 Å². The van der Waals surface area contributed by atoms with E-state index in [9.17, 15) is 18.0 Å².